The second-order valence-electron chi connectivity index (χ2n) is 1.17. The molecule has 0 atom stereocenters. The number of oxime groups is 1. The first-order chi connectivity index (χ1) is 3.63. The summed E-state index contributed by atoms with van der Waals surface area (Å²) in [7, 11) is 0. The van der Waals surface area contributed by atoms with E-state index < -0.39 is 5.97 Å². The van der Waals surface area contributed by atoms with Gasteiger partial charge in [-0.15, -0.1) is 0 Å². The molecule has 0 aliphatic heterocycles. The lowest BCUT2D eigenvalue weighted by atomic mass is 10.8. The van der Waals surface area contributed by atoms with Crippen molar-refractivity contribution in [1.82, 2.24) is 0 Å². The largest absolute Gasteiger partial charge is 0.332 e. The minimum Gasteiger partial charge on any atom is -0.317 e. The second-order valence-corrected chi connectivity index (χ2v) is 1.72. The van der Waals surface area contributed by atoms with Gasteiger partial charge in [-0.3, -0.25) is 0 Å². The van der Waals surface area contributed by atoms with Crippen LogP contribution in [-0.2, 0) is 9.63 Å². The van der Waals surface area contributed by atoms with Gasteiger partial charge >= 0.3 is 5.97 Å². The zero-order valence-corrected chi connectivity index (χ0v) is 5.40. The van der Waals surface area contributed by atoms with E-state index in [-0.39, 0.29) is 5.17 Å². The molecule has 0 radical (unpaired) electrons. The molecule has 0 aliphatic rings. The Hall–Kier alpha value is -0.570. The fourth-order valence-electron chi connectivity index (χ4n) is 0.127. The number of rotatable bonds is 1. The molecule has 0 aromatic heterocycles. The SMILES string of the molecule is CC(=O)O/N=C(/C)Cl. The van der Waals surface area contributed by atoms with Crippen LogP contribution >= 0.6 is 11.6 Å². The number of halogens is 1. The first-order valence-corrected chi connectivity index (χ1v) is 2.38. The van der Waals surface area contributed by atoms with E-state index in [9.17, 15) is 4.79 Å². The van der Waals surface area contributed by atoms with Gasteiger partial charge < -0.3 is 4.84 Å². The fourth-order valence-corrected chi connectivity index (χ4v) is 0.162. The van der Waals surface area contributed by atoms with Gasteiger partial charge in [-0.2, -0.15) is 0 Å². The van der Waals surface area contributed by atoms with Gasteiger partial charge in [0.15, 0.2) is 0 Å². The molecule has 0 aromatic carbocycles. The van der Waals surface area contributed by atoms with Crippen LogP contribution in [0.1, 0.15) is 13.8 Å². The molecular formula is C4H6ClNO2. The van der Waals surface area contributed by atoms with Gasteiger partial charge in [-0.1, -0.05) is 16.8 Å². The van der Waals surface area contributed by atoms with Crippen molar-refractivity contribution in [3.8, 4) is 0 Å². The minimum atomic E-state index is -0.468. The van der Waals surface area contributed by atoms with E-state index >= 15 is 0 Å². The highest BCUT2D eigenvalue weighted by atomic mass is 35.5. The highest BCUT2D eigenvalue weighted by Crippen LogP contribution is 1.84. The van der Waals surface area contributed by atoms with E-state index in [2.05, 4.69) is 9.99 Å². The summed E-state index contributed by atoms with van der Waals surface area (Å²) in [5.74, 6) is -0.468. The average molecular weight is 136 g/mol. The number of nitrogens with zero attached hydrogens (tertiary/aromatic N) is 1. The first kappa shape index (κ1) is 7.43. The van der Waals surface area contributed by atoms with Gasteiger partial charge in [0.2, 0.25) is 0 Å². The van der Waals surface area contributed by atoms with Crippen LogP contribution in [0, 0.1) is 0 Å². The minimum absolute atomic E-state index is 0.209. The van der Waals surface area contributed by atoms with Crippen molar-refractivity contribution in [1.29, 1.82) is 0 Å². The first-order valence-electron chi connectivity index (χ1n) is 2.00. The Bertz CT molecular complexity index is 117. The van der Waals surface area contributed by atoms with Crippen molar-refractivity contribution < 1.29 is 9.63 Å². The van der Waals surface area contributed by atoms with Crippen LogP contribution < -0.4 is 0 Å². The monoisotopic (exact) mass is 135 g/mol. The molecule has 0 amide bonds. The highest BCUT2D eigenvalue weighted by molar-refractivity contribution is 6.64. The van der Waals surface area contributed by atoms with E-state index in [1.807, 2.05) is 0 Å². The highest BCUT2D eigenvalue weighted by Gasteiger charge is 1.87. The normalized spacial score (nSPS) is 11.1. The maximum absolute atomic E-state index is 9.96. The molecule has 0 saturated heterocycles. The molecule has 0 spiro atoms. The molecule has 0 aromatic rings. The van der Waals surface area contributed by atoms with Crippen LogP contribution in [0.4, 0.5) is 0 Å². The van der Waals surface area contributed by atoms with Crippen molar-refractivity contribution in [3.63, 3.8) is 0 Å². The zero-order valence-electron chi connectivity index (χ0n) is 4.64. The fraction of sp³-hybridized carbons (Fsp3) is 0.500. The maximum atomic E-state index is 9.96. The molecule has 4 heteroatoms. The standard InChI is InChI=1S/C4H6ClNO2/c1-3(5)6-8-4(2)7/h1-2H3/b6-3-. The van der Waals surface area contributed by atoms with Crippen LogP contribution in [0.25, 0.3) is 0 Å². The summed E-state index contributed by atoms with van der Waals surface area (Å²) in [5, 5.41) is 3.37. The zero-order chi connectivity index (χ0) is 6.57. The Morgan fingerprint density at radius 2 is 2.12 bits per heavy atom. The third-order valence-electron chi connectivity index (χ3n) is 0.300. The summed E-state index contributed by atoms with van der Waals surface area (Å²) in [5.41, 5.74) is 0. The van der Waals surface area contributed by atoms with E-state index in [0.717, 1.165) is 0 Å². The number of hydrogen-bond acceptors (Lipinski definition) is 3. The van der Waals surface area contributed by atoms with Crippen LogP contribution in [0.2, 0.25) is 0 Å². The van der Waals surface area contributed by atoms with Gasteiger partial charge in [-0.05, 0) is 6.92 Å². The van der Waals surface area contributed by atoms with Crippen molar-refractivity contribution in [2.24, 2.45) is 5.16 Å². The van der Waals surface area contributed by atoms with Crippen molar-refractivity contribution in [2.75, 3.05) is 0 Å². The Morgan fingerprint density at radius 3 is 2.25 bits per heavy atom. The summed E-state index contributed by atoms with van der Waals surface area (Å²) in [6, 6.07) is 0. The summed E-state index contributed by atoms with van der Waals surface area (Å²) in [4.78, 5) is 14.1. The Labute approximate surface area is 52.3 Å². The van der Waals surface area contributed by atoms with E-state index in [1.165, 1.54) is 13.8 Å². The van der Waals surface area contributed by atoms with Crippen molar-refractivity contribution in [3.05, 3.63) is 0 Å². The quantitative estimate of drug-likeness (QED) is 0.307. The molecule has 3 nitrogen and oxygen atoms in total. The Balaban J connectivity index is 3.45. The third-order valence-corrected chi connectivity index (χ3v) is 0.369. The second kappa shape index (κ2) is 3.43. The predicted molar refractivity (Wildman–Crippen MR) is 30.7 cm³/mol. The summed E-state index contributed by atoms with van der Waals surface area (Å²) >= 11 is 5.19. The molecule has 0 aliphatic carbocycles. The molecule has 0 N–H and O–H groups in total. The number of carbonyl (C=O) groups excluding carboxylic acids is 1. The van der Waals surface area contributed by atoms with Gasteiger partial charge in [0.25, 0.3) is 0 Å². The lowest BCUT2D eigenvalue weighted by Crippen LogP contribution is -1.91. The van der Waals surface area contributed by atoms with Crippen LogP contribution in [-0.4, -0.2) is 11.1 Å². The van der Waals surface area contributed by atoms with Gasteiger partial charge in [-0.25, -0.2) is 4.79 Å². The average Bonchev–Trinajstić information content (AvgIpc) is 1.61. The predicted octanol–water partition coefficient (Wildman–Crippen LogP) is 1.12. The summed E-state index contributed by atoms with van der Waals surface area (Å²) in [6.07, 6.45) is 0. The van der Waals surface area contributed by atoms with Gasteiger partial charge in [0.1, 0.15) is 5.17 Å². The van der Waals surface area contributed by atoms with E-state index in [4.69, 9.17) is 11.6 Å². The molecule has 0 fully saturated rings. The maximum Gasteiger partial charge on any atom is 0.332 e. The molecule has 0 bridgehead atoms. The van der Waals surface area contributed by atoms with Gasteiger partial charge in [0, 0.05) is 6.92 Å². The topological polar surface area (TPSA) is 38.7 Å². The third kappa shape index (κ3) is 5.43. The van der Waals surface area contributed by atoms with Crippen LogP contribution in [0.3, 0.4) is 0 Å². The molecule has 46 valence electrons. The lowest BCUT2D eigenvalue weighted by molar-refractivity contribution is -0.140. The summed E-state index contributed by atoms with van der Waals surface area (Å²) in [6.45, 7) is 2.77. The smallest absolute Gasteiger partial charge is 0.317 e. The summed E-state index contributed by atoms with van der Waals surface area (Å²) < 4.78 is 0. The van der Waals surface area contributed by atoms with Crippen LogP contribution in [0.15, 0.2) is 5.16 Å². The Kier molecular flexibility index (Phi) is 3.19. The van der Waals surface area contributed by atoms with E-state index in [1.54, 1.807) is 0 Å². The molecule has 8 heavy (non-hydrogen) atoms. The molecular weight excluding hydrogens is 130 g/mol. The Morgan fingerprint density at radius 1 is 1.62 bits per heavy atom. The van der Waals surface area contributed by atoms with Gasteiger partial charge in [0.05, 0.1) is 0 Å². The molecule has 0 unspecified atom stereocenters. The molecule has 0 rings (SSSR count). The number of carbonyl (C=O) groups is 1. The number of hydrogen-bond donors (Lipinski definition) is 0. The van der Waals surface area contributed by atoms with Crippen molar-refractivity contribution in [2.45, 2.75) is 13.8 Å². The van der Waals surface area contributed by atoms with Crippen LogP contribution in [0.5, 0.6) is 0 Å². The van der Waals surface area contributed by atoms with E-state index in [0.29, 0.717) is 0 Å². The van der Waals surface area contributed by atoms with Crippen molar-refractivity contribution >= 4 is 22.7 Å². The molecule has 0 saturated carbocycles. The molecule has 0 heterocycles. The lowest BCUT2D eigenvalue weighted by Gasteiger charge is -1.86.